The van der Waals surface area contributed by atoms with E-state index in [9.17, 15) is 9.59 Å². The Kier molecular flexibility index (Phi) is 7.00. The molecular formula is C19H23ClN3O3+. The van der Waals surface area contributed by atoms with Crippen LogP contribution in [0.5, 0.6) is 5.75 Å². The first-order valence-corrected chi connectivity index (χ1v) is 8.56. The third-order valence-electron chi connectivity index (χ3n) is 3.70. The number of benzene rings is 2. The molecule has 0 bridgehead atoms. The lowest BCUT2D eigenvalue weighted by atomic mass is 10.2. The van der Waals surface area contributed by atoms with Gasteiger partial charge >= 0.3 is 0 Å². The molecule has 2 rings (SSSR count). The Balaban J connectivity index is 1.81. The summed E-state index contributed by atoms with van der Waals surface area (Å²) in [5, 5.41) is 6.05. The number of ether oxygens (including phenoxy) is 1. The van der Waals surface area contributed by atoms with Gasteiger partial charge in [0.15, 0.2) is 13.1 Å². The van der Waals surface area contributed by atoms with E-state index in [2.05, 4.69) is 10.6 Å². The highest BCUT2D eigenvalue weighted by atomic mass is 35.5. The first-order valence-electron chi connectivity index (χ1n) is 8.18. The lowest BCUT2D eigenvalue weighted by Crippen LogP contribution is -3.11. The summed E-state index contributed by atoms with van der Waals surface area (Å²) in [6, 6.07) is 12.5. The van der Waals surface area contributed by atoms with E-state index in [1.54, 1.807) is 50.6 Å². The number of aryl methyl sites for hydroxylation is 1. The maximum Gasteiger partial charge on any atom is 0.279 e. The number of hydrogen-bond acceptors (Lipinski definition) is 3. The predicted molar refractivity (Wildman–Crippen MR) is 103 cm³/mol. The van der Waals surface area contributed by atoms with Gasteiger partial charge in [0, 0.05) is 5.69 Å². The first kappa shape index (κ1) is 19.8. The van der Waals surface area contributed by atoms with Crippen LogP contribution in [0, 0.1) is 6.92 Å². The molecule has 0 aromatic heterocycles. The summed E-state index contributed by atoms with van der Waals surface area (Å²) in [5.74, 6) is 0.344. The van der Waals surface area contributed by atoms with Crippen LogP contribution >= 0.6 is 11.6 Å². The maximum atomic E-state index is 12.1. The number of likely N-dealkylation sites (N-methyl/N-ethyl adjacent to an activating group) is 1. The van der Waals surface area contributed by atoms with Gasteiger partial charge in [0.2, 0.25) is 0 Å². The number of amides is 2. The molecule has 0 saturated heterocycles. The predicted octanol–water partition coefficient (Wildman–Crippen LogP) is 1.75. The number of nitrogens with one attached hydrogen (secondary N) is 3. The zero-order valence-electron chi connectivity index (χ0n) is 15.1. The molecule has 0 spiro atoms. The number of methoxy groups -OCH3 is 1. The summed E-state index contributed by atoms with van der Waals surface area (Å²) in [6.45, 7) is 2.25. The molecule has 3 N–H and O–H groups in total. The summed E-state index contributed by atoms with van der Waals surface area (Å²) < 4.78 is 5.08. The number of hydrogen-bond donors (Lipinski definition) is 3. The lowest BCUT2D eigenvalue weighted by molar-refractivity contribution is -0.862. The summed E-state index contributed by atoms with van der Waals surface area (Å²) in [4.78, 5) is 25.0. The van der Waals surface area contributed by atoms with Gasteiger partial charge < -0.3 is 20.3 Å². The molecular weight excluding hydrogens is 354 g/mol. The smallest absolute Gasteiger partial charge is 0.279 e. The first-order chi connectivity index (χ1) is 12.4. The average molecular weight is 377 g/mol. The second kappa shape index (κ2) is 9.22. The van der Waals surface area contributed by atoms with E-state index in [4.69, 9.17) is 16.3 Å². The van der Waals surface area contributed by atoms with Gasteiger partial charge in [0.05, 0.1) is 24.9 Å². The number of quaternary nitrogens is 1. The fourth-order valence-electron chi connectivity index (χ4n) is 2.41. The van der Waals surface area contributed by atoms with Crippen LogP contribution < -0.4 is 20.3 Å². The second-order valence-corrected chi connectivity index (χ2v) is 6.53. The molecule has 0 aliphatic heterocycles. The average Bonchev–Trinajstić information content (AvgIpc) is 2.57. The zero-order valence-corrected chi connectivity index (χ0v) is 15.8. The molecule has 1 atom stereocenters. The van der Waals surface area contributed by atoms with Gasteiger partial charge in [-0.1, -0.05) is 17.7 Å². The van der Waals surface area contributed by atoms with Crippen molar-refractivity contribution in [2.45, 2.75) is 6.92 Å². The normalized spacial score (nSPS) is 11.5. The molecule has 0 aliphatic carbocycles. The molecule has 6 nitrogen and oxygen atoms in total. The minimum atomic E-state index is -0.203. The van der Waals surface area contributed by atoms with Gasteiger partial charge in [-0.15, -0.1) is 0 Å². The van der Waals surface area contributed by atoms with Crippen molar-refractivity contribution >= 4 is 34.8 Å². The number of carbonyl (C=O) groups excluding carboxylic acids is 2. The summed E-state index contributed by atoms with van der Waals surface area (Å²) in [6.07, 6.45) is 0. The highest BCUT2D eigenvalue weighted by molar-refractivity contribution is 6.33. The van der Waals surface area contributed by atoms with Gasteiger partial charge in [-0.3, -0.25) is 9.59 Å². The summed E-state index contributed by atoms with van der Waals surface area (Å²) in [5.41, 5.74) is 2.27. The van der Waals surface area contributed by atoms with Gasteiger partial charge in [0.1, 0.15) is 5.75 Å². The molecule has 1 unspecified atom stereocenters. The van der Waals surface area contributed by atoms with Crippen molar-refractivity contribution in [3.8, 4) is 5.75 Å². The molecule has 0 saturated carbocycles. The van der Waals surface area contributed by atoms with E-state index in [-0.39, 0.29) is 24.9 Å². The zero-order chi connectivity index (χ0) is 19.1. The van der Waals surface area contributed by atoms with Crippen LogP contribution in [-0.2, 0) is 9.59 Å². The Hall–Kier alpha value is -2.57. The second-order valence-electron chi connectivity index (χ2n) is 6.12. The van der Waals surface area contributed by atoms with E-state index in [1.165, 1.54) is 0 Å². The van der Waals surface area contributed by atoms with Gasteiger partial charge in [-0.25, -0.2) is 0 Å². The summed E-state index contributed by atoms with van der Waals surface area (Å²) >= 11 is 6.11. The monoisotopic (exact) mass is 376 g/mol. The molecule has 0 aliphatic rings. The SMILES string of the molecule is COc1ccc(NC(=O)C[NH+](C)CC(=O)Nc2ccc(C)cc2Cl)cc1. The largest absolute Gasteiger partial charge is 0.497 e. The van der Waals surface area contributed by atoms with Crippen molar-refractivity contribution in [1.29, 1.82) is 0 Å². The molecule has 2 aromatic carbocycles. The number of carbonyl (C=O) groups is 2. The molecule has 26 heavy (non-hydrogen) atoms. The van der Waals surface area contributed by atoms with Crippen LogP contribution in [0.4, 0.5) is 11.4 Å². The Bertz CT molecular complexity index is 778. The number of anilines is 2. The third-order valence-corrected chi connectivity index (χ3v) is 4.01. The van der Waals surface area contributed by atoms with Crippen LogP contribution in [-0.4, -0.2) is 39.1 Å². The molecule has 0 radical (unpaired) electrons. The Morgan fingerprint density at radius 1 is 1.04 bits per heavy atom. The van der Waals surface area contributed by atoms with Gasteiger partial charge in [0.25, 0.3) is 11.8 Å². The molecule has 138 valence electrons. The minimum absolute atomic E-state index is 0.153. The van der Waals surface area contributed by atoms with Crippen LogP contribution in [0.3, 0.4) is 0 Å². The van der Waals surface area contributed by atoms with Crippen LogP contribution in [0.1, 0.15) is 5.56 Å². The van der Waals surface area contributed by atoms with E-state index in [0.29, 0.717) is 16.4 Å². The Morgan fingerprint density at radius 2 is 1.65 bits per heavy atom. The van der Waals surface area contributed by atoms with E-state index in [1.807, 2.05) is 13.0 Å². The molecule has 7 heteroatoms. The molecule has 0 fully saturated rings. The lowest BCUT2D eigenvalue weighted by Gasteiger charge is -2.14. The van der Waals surface area contributed by atoms with Crippen molar-refractivity contribution in [2.75, 3.05) is 37.9 Å². The van der Waals surface area contributed by atoms with Crippen LogP contribution in [0.25, 0.3) is 0 Å². The Morgan fingerprint density at radius 3 is 2.23 bits per heavy atom. The highest BCUT2D eigenvalue weighted by Crippen LogP contribution is 2.22. The van der Waals surface area contributed by atoms with E-state index in [0.717, 1.165) is 16.2 Å². The fraction of sp³-hybridized carbons (Fsp3) is 0.263. The molecule has 2 aromatic rings. The summed E-state index contributed by atoms with van der Waals surface area (Å²) in [7, 11) is 3.37. The fourth-order valence-corrected chi connectivity index (χ4v) is 2.69. The van der Waals surface area contributed by atoms with Gasteiger partial charge in [-0.2, -0.15) is 0 Å². The minimum Gasteiger partial charge on any atom is -0.497 e. The van der Waals surface area contributed by atoms with E-state index < -0.39 is 0 Å². The standard InChI is InChI=1S/C19H22ClN3O3/c1-13-4-9-17(16(20)10-13)22-19(25)12-23(2)11-18(24)21-14-5-7-15(26-3)8-6-14/h4-10H,11-12H2,1-3H3,(H,21,24)(H,22,25)/p+1. The number of rotatable bonds is 7. The van der Waals surface area contributed by atoms with Crippen molar-refractivity contribution in [2.24, 2.45) is 0 Å². The quantitative estimate of drug-likeness (QED) is 0.689. The van der Waals surface area contributed by atoms with E-state index >= 15 is 0 Å². The Labute approximate surface area is 158 Å². The van der Waals surface area contributed by atoms with Gasteiger partial charge in [-0.05, 0) is 48.9 Å². The third kappa shape index (κ3) is 6.06. The highest BCUT2D eigenvalue weighted by Gasteiger charge is 2.15. The van der Waals surface area contributed by atoms with Crippen molar-refractivity contribution < 1.29 is 19.2 Å². The van der Waals surface area contributed by atoms with Crippen molar-refractivity contribution in [3.63, 3.8) is 0 Å². The molecule has 2 amide bonds. The van der Waals surface area contributed by atoms with Crippen LogP contribution in [0.15, 0.2) is 42.5 Å². The molecule has 0 heterocycles. The topological polar surface area (TPSA) is 71.9 Å². The van der Waals surface area contributed by atoms with Crippen LogP contribution in [0.2, 0.25) is 5.02 Å². The van der Waals surface area contributed by atoms with Crippen molar-refractivity contribution in [1.82, 2.24) is 0 Å². The number of halogens is 1. The van der Waals surface area contributed by atoms with Crippen molar-refractivity contribution in [3.05, 3.63) is 53.1 Å². The maximum absolute atomic E-state index is 12.1.